The summed E-state index contributed by atoms with van der Waals surface area (Å²) in [6.45, 7) is 0. The number of fused-ring (bicyclic) bond motifs is 1. The molecule has 6 nitrogen and oxygen atoms in total. The third-order valence-electron chi connectivity index (χ3n) is 2.44. The van der Waals surface area contributed by atoms with E-state index in [1.165, 1.54) is 33.6 Å². The van der Waals surface area contributed by atoms with Crippen LogP contribution < -0.4 is 11.3 Å². The van der Waals surface area contributed by atoms with Gasteiger partial charge in [0.2, 0.25) is 5.13 Å². The molecule has 3 aromatic heterocycles. The Kier molecular flexibility index (Phi) is 3.72. The number of nitrogen functional groups attached to an aromatic ring is 1. The van der Waals surface area contributed by atoms with Gasteiger partial charge in [-0.05, 0) is 28.1 Å². The van der Waals surface area contributed by atoms with Crippen molar-refractivity contribution in [3.63, 3.8) is 0 Å². The van der Waals surface area contributed by atoms with Crippen LogP contribution in [0.3, 0.4) is 0 Å². The normalized spacial score (nSPS) is 11.1. The molecule has 0 spiro atoms. The van der Waals surface area contributed by atoms with E-state index < -0.39 is 0 Å². The molecule has 3 heterocycles. The molecule has 0 aliphatic heterocycles. The molecule has 102 valence electrons. The molecular weight excluding hydrogens is 362 g/mol. The highest BCUT2D eigenvalue weighted by atomic mass is 79.9. The maximum Gasteiger partial charge on any atom is 0.258 e. The SMILES string of the molecule is Nc1nnc(SCc2cc(=O)n3cc(Br)ccc3n2)s1. The van der Waals surface area contributed by atoms with Crippen LogP contribution >= 0.6 is 39.0 Å². The van der Waals surface area contributed by atoms with Crippen LogP contribution in [-0.2, 0) is 5.75 Å². The molecule has 0 bridgehead atoms. The summed E-state index contributed by atoms with van der Waals surface area (Å²) >= 11 is 6.11. The number of hydrogen-bond donors (Lipinski definition) is 1. The minimum atomic E-state index is -0.108. The number of hydrogen-bond acceptors (Lipinski definition) is 7. The zero-order valence-corrected chi connectivity index (χ0v) is 13.2. The number of pyridine rings is 1. The number of halogens is 1. The van der Waals surface area contributed by atoms with Gasteiger partial charge in [0, 0.05) is 22.5 Å². The Morgan fingerprint density at radius 3 is 3.00 bits per heavy atom. The van der Waals surface area contributed by atoms with Crippen molar-refractivity contribution in [2.75, 3.05) is 5.73 Å². The largest absolute Gasteiger partial charge is 0.374 e. The third-order valence-corrected chi connectivity index (χ3v) is 4.83. The molecule has 2 N–H and O–H groups in total. The highest BCUT2D eigenvalue weighted by molar-refractivity contribution is 9.10. The van der Waals surface area contributed by atoms with Crippen molar-refractivity contribution in [2.24, 2.45) is 0 Å². The fourth-order valence-electron chi connectivity index (χ4n) is 1.61. The molecule has 20 heavy (non-hydrogen) atoms. The van der Waals surface area contributed by atoms with Gasteiger partial charge in [0.1, 0.15) is 5.65 Å². The van der Waals surface area contributed by atoms with E-state index in [9.17, 15) is 4.79 Å². The average molecular weight is 370 g/mol. The van der Waals surface area contributed by atoms with E-state index >= 15 is 0 Å². The van der Waals surface area contributed by atoms with Gasteiger partial charge in [0.05, 0.1) is 5.69 Å². The molecule has 9 heteroatoms. The van der Waals surface area contributed by atoms with Gasteiger partial charge in [-0.3, -0.25) is 9.20 Å². The second kappa shape index (κ2) is 5.51. The van der Waals surface area contributed by atoms with E-state index in [1.54, 1.807) is 12.3 Å². The van der Waals surface area contributed by atoms with E-state index in [0.29, 0.717) is 22.2 Å². The van der Waals surface area contributed by atoms with E-state index in [2.05, 4.69) is 31.1 Å². The van der Waals surface area contributed by atoms with Crippen LogP contribution in [-0.4, -0.2) is 19.6 Å². The molecule has 0 unspecified atom stereocenters. The fraction of sp³-hybridized carbons (Fsp3) is 0.0909. The first-order valence-electron chi connectivity index (χ1n) is 5.51. The first kappa shape index (κ1) is 13.5. The first-order valence-corrected chi connectivity index (χ1v) is 8.11. The van der Waals surface area contributed by atoms with Crippen molar-refractivity contribution in [1.82, 2.24) is 19.6 Å². The predicted molar refractivity (Wildman–Crippen MR) is 83.0 cm³/mol. The van der Waals surface area contributed by atoms with Crippen molar-refractivity contribution in [2.45, 2.75) is 10.1 Å². The van der Waals surface area contributed by atoms with Gasteiger partial charge in [-0.2, -0.15) is 0 Å². The van der Waals surface area contributed by atoms with E-state index in [-0.39, 0.29) is 5.56 Å². The molecule has 0 amide bonds. The fourth-order valence-corrected chi connectivity index (χ4v) is 3.48. The van der Waals surface area contributed by atoms with Crippen LogP contribution in [0.5, 0.6) is 0 Å². The Hall–Kier alpha value is -1.45. The summed E-state index contributed by atoms with van der Waals surface area (Å²) in [5.74, 6) is 0.552. The number of thioether (sulfide) groups is 1. The van der Waals surface area contributed by atoms with Crippen molar-refractivity contribution < 1.29 is 0 Å². The van der Waals surface area contributed by atoms with Gasteiger partial charge >= 0.3 is 0 Å². The van der Waals surface area contributed by atoms with Gasteiger partial charge in [-0.25, -0.2) is 4.98 Å². The summed E-state index contributed by atoms with van der Waals surface area (Å²) in [5, 5.41) is 8.09. The van der Waals surface area contributed by atoms with Crippen molar-refractivity contribution in [1.29, 1.82) is 0 Å². The van der Waals surface area contributed by atoms with Crippen LogP contribution in [0.15, 0.2) is 38.0 Å². The third kappa shape index (κ3) is 2.84. The maximum atomic E-state index is 12.0. The van der Waals surface area contributed by atoms with Crippen molar-refractivity contribution in [3.8, 4) is 0 Å². The molecular formula is C11H8BrN5OS2. The van der Waals surface area contributed by atoms with E-state index in [0.717, 1.165) is 8.81 Å². The minimum Gasteiger partial charge on any atom is -0.374 e. The lowest BCUT2D eigenvalue weighted by atomic mass is 10.4. The van der Waals surface area contributed by atoms with Crippen LogP contribution in [0.1, 0.15) is 5.69 Å². The Morgan fingerprint density at radius 1 is 1.40 bits per heavy atom. The van der Waals surface area contributed by atoms with Gasteiger partial charge in [-0.15, -0.1) is 10.2 Å². The van der Waals surface area contributed by atoms with Crippen LogP contribution in [0, 0.1) is 0 Å². The lowest BCUT2D eigenvalue weighted by Crippen LogP contribution is -2.15. The van der Waals surface area contributed by atoms with Crippen molar-refractivity contribution >= 4 is 49.8 Å². The lowest BCUT2D eigenvalue weighted by Gasteiger charge is -2.03. The Morgan fingerprint density at radius 2 is 2.25 bits per heavy atom. The number of anilines is 1. The number of nitrogens with zero attached hydrogens (tertiary/aromatic N) is 4. The Labute approximate surface area is 130 Å². The van der Waals surface area contributed by atoms with Crippen LogP contribution in [0.25, 0.3) is 5.65 Å². The summed E-state index contributed by atoms with van der Waals surface area (Å²) in [7, 11) is 0. The summed E-state index contributed by atoms with van der Waals surface area (Å²) in [4.78, 5) is 16.5. The highest BCUT2D eigenvalue weighted by Crippen LogP contribution is 2.26. The molecule has 3 rings (SSSR count). The maximum absolute atomic E-state index is 12.0. The molecule has 0 aromatic carbocycles. The van der Waals surface area contributed by atoms with Crippen LogP contribution in [0.2, 0.25) is 0 Å². The van der Waals surface area contributed by atoms with Crippen LogP contribution in [0.4, 0.5) is 5.13 Å². The minimum absolute atomic E-state index is 0.108. The number of rotatable bonds is 3. The smallest absolute Gasteiger partial charge is 0.258 e. The van der Waals surface area contributed by atoms with Gasteiger partial charge < -0.3 is 5.73 Å². The molecule has 0 fully saturated rings. The summed E-state index contributed by atoms with van der Waals surface area (Å²) in [6.07, 6.45) is 1.70. The molecule has 0 atom stereocenters. The topological polar surface area (TPSA) is 86.2 Å². The zero-order valence-electron chi connectivity index (χ0n) is 9.99. The Balaban J connectivity index is 1.89. The zero-order chi connectivity index (χ0) is 14.1. The van der Waals surface area contributed by atoms with E-state index in [4.69, 9.17) is 5.73 Å². The molecule has 0 aliphatic carbocycles. The molecule has 0 aliphatic rings. The Bertz CT molecular complexity index is 831. The van der Waals surface area contributed by atoms with Gasteiger partial charge in [0.25, 0.3) is 5.56 Å². The monoisotopic (exact) mass is 369 g/mol. The summed E-state index contributed by atoms with van der Waals surface area (Å²) < 4.78 is 3.10. The second-order valence-corrected chi connectivity index (χ2v) is 7.00. The van der Waals surface area contributed by atoms with E-state index in [1.807, 2.05) is 6.07 Å². The number of nitrogens with two attached hydrogens (primary N) is 1. The van der Waals surface area contributed by atoms with Gasteiger partial charge in [0.15, 0.2) is 4.34 Å². The molecule has 0 saturated carbocycles. The molecule has 3 aromatic rings. The molecule has 0 saturated heterocycles. The average Bonchev–Trinajstić information content (AvgIpc) is 2.83. The quantitative estimate of drug-likeness (QED) is 0.712. The second-order valence-electron chi connectivity index (χ2n) is 3.86. The van der Waals surface area contributed by atoms with Gasteiger partial charge in [-0.1, -0.05) is 23.1 Å². The molecule has 0 radical (unpaired) electrons. The first-order chi connectivity index (χ1) is 9.61. The lowest BCUT2D eigenvalue weighted by molar-refractivity contribution is 0.999. The predicted octanol–water partition coefficient (Wildman–Crippen LogP) is 2.18. The highest BCUT2D eigenvalue weighted by Gasteiger charge is 2.06. The van der Waals surface area contributed by atoms with Crippen molar-refractivity contribution in [3.05, 3.63) is 44.9 Å². The standard InChI is InChI=1S/C11H8BrN5OS2/c12-6-1-2-8-14-7(3-9(18)17(8)4-6)5-19-11-16-15-10(13)20-11/h1-4H,5H2,(H2,13,15). The summed E-state index contributed by atoms with van der Waals surface area (Å²) in [6, 6.07) is 5.17. The number of aromatic nitrogens is 4. The summed E-state index contributed by atoms with van der Waals surface area (Å²) in [5.41, 5.74) is 6.73.